The molecule has 0 aromatic heterocycles. The molecule has 0 unspecified atom stereocenters. The Balaban J connectivity index is 1.75. The van der Waals surface area contributed by atoms with Gasteiger partial charge in [0.05, 0.1) is 11.6 Å². The molecule has 0 radical (unpaired) electrons. The summed E-state index contributed by atoms with van der Waals surface area (Å²) in [6.07, 6.45) is 2.11. The van der Waals surface area contributed by atoms with Crippen LogP contribution in [0.1, 0.15) is 25.7 Å². The van der Waals surface area contributed by atoms with Crippen molar-refractivity contribution in [3.8, 4) is 5.75 Å². The van der Waals surface area contributed by atoms with Gasteiger partial charge in [-0.1, -0.05) is 23.7 Å². The van der Waals surface area contributed by atoms with Crippen LogP contribution in [0.25, 0.3) is 0 Å². The molecular weight excluding hydrogens is 294 g/mol. The number of ether oxygens (including phenoxy) is 1. The lowest BCUT2D eigenvalue weighted by Crippen LogP contribution is -2.40. The van der Waals surface area contributed by atoms with E-state index in [9.17, 15) is 9.59 Å². The Bertz CT molecular complexity index is 520. The van der Waals surface area contributed by atoms with Gasteiger partial charge in [0, 0.05) is 13.0 Å². The highest BCUT2D eigenvalue weighted by atomic mass is 35.5. The summed E-state index contributed by atoms with van der Waals surface area (Å²) in [5.41, 5.74) is 0. The number of carboxylic acid groups (broad SMARTS) is 1. The Hall–Kier alpha value is -1.75. The first-order chi connectivity index (χ1) is 10.1. The van der Waals surface area contributed by atoms with Gasteiger partial charge < -0.3 is 14.7 Å². The first-order valence-electron chi connectivity index (χ1n) is 6.99. The number of rotatable bonds is 6. The summed E-state index contributed by atoms with van der Waals surface area (Å²) in [6, 6.07) is 6.49. The van der Waals surface area contributed by atoms with Gasteiger partial charge in [0.25, 0.3) is 0 Å². The van der Waals surface area contributed by atoms with Crippen molar-refractivity contribution in [2.24, 2.45) is 0 Å². The third kappa shape index (κ3) is 4.11. The van der Waals surface area contributed by atoms with Crippen molar-refractivity contribution in [2.45, 2.75) is 31.7 Å². The molecule has 1 amide bonds. The summed E-state index contributed by atoms with van der Waals surface area (Å²) in [4.78, 5) is 24.5. The van der Waals surface area contributed by atoms with Gasteiger partial charge in [-0.15, -0.1) is 0 Å². The first kappa shape index (κ1) is 15.6. The predicted octanol–water partition coefficient (Wildman–Crippen LogP) is 2.57. The minimum Gasteiger partial charge on any atom is -0.492 e. The van der Waals surface area contributed by atoms with Crippen molar-refractivity contribution in [3.05, 3.63) is 29.3 Å². The zero-order valence-corrected chi connectivity index (χ0v) is 12.4. The van der Waals surface area contributed by atoms with Crippen LogP contribution in [0.3, 0.4) is 0 Å². The summed E-state index contributed by atoms with van der Waals surface area (Å²) in [7, 11) is 0. The van der Waals surface area contributed by atoms with Crippen LogP contribution in [0, 0.1) is 0 Å². The van der Waals surface area contributed by atoms with E-state index >= 15 is 0 Å². The number of hydrogen-bond acceptors (Lipinski definition) is 3. The molecule has 1 fully saturated rings. The Labute approximate surface area is 128 Å². The zero-order valence-electron chi connectivity index (χ0n) is 11.6. The number of likely N-dealkylation sites (tertiary alicyclic amines) is 1. The summed E-state index contributed by atoms with van der Waals surface area (Å²) >= 11 is 5.96. The number of carboxylic acids is 1. The molecule has 1 N–H and O–H groups in total. The lowest BCUT2D eigenvalue weighted by molar-refractivity contribution is -0.148. The van der Waals surface area contributed by atoms with Crippen LogP contribution < -0.4 is 4.74 Å². The average molecular weight is 312 g/mol. The average Bonchev–Trinajstić information content (AvgIpc) is 2.95. The predicted molar refractivity (Wildman–Crippen MR) is 78.6 cm³/mol. The third-order valence-electron chi connectivity index (χ3n) is 3.49. The summed E-state index contributed by atoms with van der Waals surface area (Å²) in [5, 5.41) is 9.59. The van der Waals surface area contributed by atoms with Crippen LogP contribution in [0.4, 0.5) is 0 Å². The fourth-order valence-corrected chi connectivity index (χ4v) is 2.62. The molecule has 6 heteroatoms. The minimum absolute atomic E-state index is 0.123. The maximum atomic E-state index is 12.0. The molecule has 0 aliphatic carbocycles. The molecular formula is C15H18ClNO4. The zero-order chi connectivity index (χ0) is 15.2. The second-order valence-electron chi connectivity index (χ2n) is 4.97. The van der Waals surface area contributed by atoms with Crippen molar-refractivity contribution < 1.29 is 19.4 Å². The van der Waals surface area contributed by atoms with E-state index in [1.165, 1.54) is 4.90 Å². The van der Waals surface area contributed by atoms with E-state index in [-0.39, 0.29) is 12.3 Å². The number of aliphatic carboxylic acids is 1. The number of amides is 1. The topological polar surface area (TPSA) is 66.8 Å². The molecule has 1 heterocycles. The second-order valence-corrected chi connectivity index (χ2v) is 5.37. The molecule has 0 spiro atoms. The lowest BCUT2D eigenvalue weighted by Gasteiger charge is -2.21. The Morgan fingerprint density at radius 2 is 2.14 bits per heavy atom. The number of nitrogens with zero attached hydrogens (tertiary/aromatic N) is 1. The molecule has 1 atom stereocenters. The van der Waals surface area contributed by atoms with Gasteiger partial charge in [-0.05, 0) is 31.4 Å². The Kier molecular flexibility index (Phi) is 5.44. The molecule has 114 valence electrons. The highest BCUT2D eigenvalue weighted by Crippen LogP contribution is 2.23. The van der Waals surface area contributed by atoms with Gasteiger partial charge in [0.1, 0.15) is 11.8 Å². The molecule has 1 saturated heterocycles. The van der Waals surface area contributed by atoms with Crippen molar-refractivity contribution in [3.63, 3.8) is 0 Å². The number of benzene rings is 1. The number of carbonyl (C=O) groups excluding carboxylic acids is 1. The Morgan fingerprint density at radius 1 is 1.38 bits per heavy atom. The minimum atomic E-state index is -0.923. The van der Waals surface area contributed by atoms with Gasteiger partial charge >= 0.3 is 5.97 Å². The fourth-order valence-electron chi connectivity index (χ4n) is 2.43. The van der Waals surface area contributed by atoms with Gasteiger partial charge in [0.2, 0.25) is 5.91 Å². The van der Waals surface area contributed by atoms with Crippen LogP contribution >= 0.6 is 11.6 Å². The monoisotopic (exact) mass is 311 g/mol. The van der Waals surface area contributed by atoms with Crippen molar-refractivity contribution in [1.29, 1.82) is 0 Å². The molecule has 0 bridgehead atoms. The van der Waals surface area contributed by atoms with E-state index in [2.05, 4.69) is 0 Å². The highest BCUT2D eigenvalue weighted by Gasteiger charge is 2.33. The molecule has 1 aliphatic heterocycles. The lowest BCUT2D eigenvalue weighted by atomic mass is 10.2. The largest absolute Gasteiger partial charge is 0.492 e. The van der Waals surface area contributed by atoms with Crippen LogP contribution in [0.5, 0.6) is 5.75 Å². The van der Waals surface area contributed by atoms with Crippen LogP contribution in [0.2, 0.25) is 5.02 Å². The molecule has 1 aromatic rings. The van der Waals surface area contributed by atoms with Crippen molar-refractivity contribution >= 4 is 23.5 Å². The normalized spacial score (nSPS) is 17.8. The quantitative estimate of drug-likeness (QED) is 0.820. The molecule has 5 nitrogen and oxygen atoms in total. The summed E-state index contributed by atoms with van der Waals surface area (Å²) < 4.78 is 5.51. The number of carbonyl (C=O) groups is 2. The van der Waals surface area contributed by atoms with E-state index in [1.807, 2.05) is 12.1 Å². The van der Waals surface area contributed by atoms with Gasteiger partial charge in [-0.3, -0.25) is 4.79 Å². The van der Waals surface area contributed by atoms with Crippen LogP contribution in [-0.4, -0.2) is 41.1 Å². The number of hydrogen-bond donors (Lipinski definition) is 1. The maximum Gasteiger partial charge on any atom is 0.326 e. The van der Waals surface area contributed by atoms with Crippen molar-refractivity contribution in [1.82, 2.24) is 4.90 Å². The van der Waals surface area contributed by atoms with Gasteiger partial charge in [0.15, 0.2) is 0 Å². The van der Waals surface area contributed by atoms with E-state index in [0.29, 0.717) is 36.8 Å². The molecule has 1 aliphatic rings. The van der Waals surface area contributed by atoms with Crippen molar-refractivity contribution in [2.75, 3.05) is 13.2 Å². The number of para-hydroxylation sites is 1. The summed E-state index contributed by atoms with van der Waals surface area (Å²) in [5.74, 6) is -0.452. The number of halogens is 1. The molecule has 0 saturated carbocycles. The molecule has 21 heavy (non-hydrogen) atoms. The Morgan fingerprint density at radius 3 is 2.86 bits per heavy atom. The third-order valence-corrected chi connectivity index (χ3v) is 3.80. The van der Waals surface area contributed by atoms with Crippen LogP contribution in [0.15, 0.2) is 24.3 Å². The molecule has 1 aromatic carbocycles. The van der Waals surface area contributed by atoms with E-state index in [4.69, 9.17) is 21.4 Å². The maximum absolute atomic E-state index is 12.0. The molecule has 2 rings (SSSR count). The fraction of sp³-hybridized carbons (Fsp3) is 0.467. The smallest absolute Gasteiger partial charge is 0.326 e. The van der Waals surface area contributed by atoms with E-state index in [0.717, 1.165) is 6.42 Å². The van der Waals surface area contributed by atoms with E-state index < -0.39 is 12.0 Å². The first-order valence-corrected chi connectivity index (χ1v) is 7.37. The van der Waals surface area contributed by atoms with Crippen LogP contribution in [-0.2, 0) is 9.59 Å². The van der Waals surface area contributed by atoms with Gasteiger partial charge in [-0.25, -0.2) is 4.79 Å². The SMILES string of the molecule is O=C(O)[C@@H]1CCCN1C(=O)CCCOc1ccccc1Cl. The van der Waals surface area contributed by atoms with E-state index in [1.54, 1.807) is 12.1 Å². The van der Waals surface area contributed by atoms with Gasteiger partial charge in [-0.2, -0.15) is 0 Å². The second kappa shape index (κ2) is 7.31. The summed E-state index contributed by atoms with van der Waals surface area (Å²) in [6.45, 7) is 0.905. The highest BCUT2D eigenvalue weighted by molar-refractivity contribution is 6.32. The standard InChI is InChI=1S/C15H18ClNO4/c16-11-5-1-2-7-13(11)21-10-4-8-14(18)17-9-3-6-12(17)15(19)20/h1-2,5,7,12H,3-4,6,8-10H2,(H,19,20)/t12-/m0/s1.